The smallest absolute Gasteiger partial charge is 0.257 e. The lowest BCUT2D eigenvalue weighted by atomic mass is 10.2. The molecule has 2 N–H and O–H groups in total. The van der Waals surface area contributed by atoms with E-state index in [9.17, 15) is 9.59 Å². The van der Waals surface area contributed by atoms with Crippen LogP contribution >= 0.6 is 23.1 Å². The van der Waals surface area contributed by atoms with Gasteiger partial charge in [0.1, 0.15) is 0 Å². The van der Waals surface area contributed by atoms with E-state index in [1.54, 1.807) is 12.1 Å². The fourth-order valence-electron chi connectivity index (χ4n) is 2.77. The SMILES string of the molecule is CN1CCc2nc(NC(=O)c3ccc4c(c3)NC(=O)CS4)sc2C1. The van der Waals surface area contributed by atoms with Crippen LogP contribution in [0.1, 0.15) is 20.9 Å². The van der Waals surface area contributed by atoms with Crippen LogP contribution in [-0.2, 0) is 17.8 Å². The topological polar surface area (TPSA) is 74.3 Å². The zero-order valence-corrected chi connectivity index (χ0v) is 14.7. The van der Waals surface area contributed by atoms with Crippen molar-refractivity contribution in [3.63, 3.8) is 0 Å². The number of benzene rings is 1. The van der Waals surface area contributed by atoms with Crippen molar-refractivity contribution in [2.45, 2.75) is 17.9 Å². The fraction of sp³-hybridized carbons (Fsp3) is 0.312. The van der Waals surface area contributed by atoms with Gasteiger partial charge in [-0.25, -0.2) is 4.98 Å². The molecule has 0 radical (unpaired) electrons. The van der Waals surface area contributed by atoms with Gasteiger partial charge >= 0.3 is 0 Å². The summed E-state index contributed by atoms with van der Waals surface area (Å²) in [6, 6.07) is 5.37. The van der Waals surface area contributed by atoms with Gasteiger partial charge in [0.2, 0.25) is 5.91 Å². The van der Waals surface area contributed by atoms with Gasteiger partial charge in [-0.15, -0.1) is 23.1 Å². The van der Waals surface area contributed by atoms with E-state index in [0.717, 1.165) is 30.1 Å². The van der Waals surface area contributed by atoms with E-state index in [2.05, 4.69) is 27.6 Å². The molecule has 0 saturated heterocycles. The average Bonchev–Trinajstić information content (AvgIpc) is 2.95. The first-order chi connectivity index (χ1) is 11.6. The molecule has 4 rings (SSSR count). The second-order valence-electron chi connectivity index (χ2n) is 5.88. The van der Waals surface area contributed by atoms with Gasteiger partial charge in [0.15, 0.2) is 5.13 Å². The van der Waals surface area contributed by atoms with Gasteiger partial charge < -0.3 is 10.2 Å². The number of rotatable bonds is 2. The van der Waals surface area contributed by atoms with Gasteiger partial charge in [0.25, 0.3) is 5.91 Å². The molecule has 0 saturated carbocycles. The third kappa shape index (κ3) is 3.04. The highest BCUT2D eigenvalue weighted by Gasteiger charge is 2.21. The molecule has 6 nitrogen and oxygen atoms in total. The Kier molecular flexibility index (Phi) is 4.03. The normalized spacial score (nSPS) is 17.0. The molecule has 124 valence electrons. The summed E-state index contributed by atoms with van der Waals surface area (Å²) in [7, 11) is 2.08. The van der Waals surface area contributed by atoms with E-state index >= 15 is 0 Å². The molecule has 0 atom stereocenters. The van der Waals surface area contributed by atoms with Crippen LogP contribution in [0.3, 0.4) is 0 Å². The van der Waals surface area contributed by atoms with Crippen LogP contribution in [0.25, 0.3) is 0 Å². The number of nitrogens with zero attached hydrogens (tertiary/aromatic N) is 2. The summed E-state index contributed by atoms with van der Waals surface area (Å²) < 4.78 is 0. The van der Waals surface area contributed by atoms with Gasteiger partial charge in [-0.05, 0) is 25.2 Å². The van der Waals surface area contributed by atoms with E-state index in [1.807, 2.05) is 6.07 Å². The third-order valence-electron chi connectivity index (χ3n) is 4.02. The largest absolute Gasteiger partial charge is 0.324 e. The Morgan fingerprint density at radius 2 is 2.29 bits per heavy atom. The van der Waals surface area contributed by atoms with Crippen molar-refractivity contribution in [1.29, 1.82) is 0 Å². The predicted octanol–water partition coefficient (Wildman–Crippen LogP) is 2.43. The summed E-state index contributed by atoms with van der Waals surface area (Å²) in [6.45, 7) is 1.87. The number of anilines is 2. The van der Waals surface area contributed by atoms with Crippen molar-refractivity contribution in [3.05, 3.63) is 34.3 Å². The highest BCUT2D eigenvalue weighted by molar-refractivity contribution is 8.00. The molecule has 24 heavy (non-hydrogen) atoms. The summed E-state index contributed by atoms with van der Waals surface area (Å²) >= 11 is 3.01. The van der Waals surface area contributed by atoms with Crippen molar-refractivity contribution >= 4 is 45.7 Å². The lowest BCUT2D eigenvalue weighted by Crippen LogP contribution is -2.25. The number of amides is 2. The molecule has 0 fully saturated rings. The maximum absolute atomic E-state index is 12.5. The lowest BCUT2D eigenvalue weighted by molar-refractivity contribution is -0.113. The molecule has 2 aliphatic heterocycles. The molecule has 0 unspecified atom stereocenters. The summed E-state index contributed by atoms with van der Waals surface area (Å²) in [5.74, 6) is 0.168. The fourth-order valence-corrected chi connectivity index (χ4v) is 4.64. The first-order valence-electron chi connectivity index (χ1n) is 7.63. The molecule has 0 aliphatic carbocycles. The Morgan fingerprint density at radius 1 is 1.42 bits per heavy atom. The quantitative estimate of drug-likeness (QED) is 0.860. The Labute approximate surface area is 147 Å². The molecular formula is C16H16N4O2S2. The van der Waals surface area contributed by atoms with Crippen LogP contribution in [0.15, 0.2) is 23.1 Å². The first-order valence-corrected chi connectivity index (χ1v) is 9.44. The van der Waals surface area contributed by atoms with Gasteiger partial charge in [0, 0.05) is 34.8 Å². The minimum atomic E-state index is -0.206. The number of thiazole rings is 1. The molecule has 3 heterocycles. The van der Waals surface area contributed by atoms with Crippen LogP contribution in [-0.4, -0.2) is 41.0 Å². The van der Waals surface area contributed by atoms with Crippen LogP contribution in [0.4, 0.5) is 10.8 Å². The van der Waals surface area contributed by atoms with E-state index in [1.165, 1.54) is 28.0 Å². The van der Waals surface area contributed by atoms with Gasteiger partial charge in [-0.3, -0.25) is 14.9 Å². The summed E-state index contributed by atoms with van der Waals surface area (Å²) in [4.78, 5) is 33.0. The highest BCUT2D eigenvalue weighted by Crippen LogP contribution is 2.32. The van der Waals surface area contributed by atoms with Crippen molar-refractivity contribution in [2.24, 2.45) is 0 Å². The summed E-state index contributed by atoms with van der Waals surface area (Å²) in [5, 5.41) is 6.32. The van der Waals surface area contributed by atoms with E-state index in [0.29, 0.717) is 22.1 Å². The summed E-state index contributed by atoms with van der Waals surface area (Å²) in [6.07, 6.45) is 0.917. The first kappa shape index (κ1) is 15.6. The zero-order valence-electron chi connectivity index (χ0n) is 13.1. The zero-order chi connectivity index (χ0) is 16.7. The van der Waals surface area contributed by atoms with E-state index in [-0.39, 0.29) is 11.8 Å². The summed E-state index contributed by atoms with van der Waals surface area (Å²) in [5.41, 5.74) is 2.30. The average molecular weight is 360 g/mol. The molecule has 0 bridgehead atoms. The minimum absolute atomic E-state index is 0.0400. The number of hydrogen-bond donors (Lipinski definition) is 2. The Hall–Kier alpha value is -1.90. The molecule has 1 aromatic carbocycles. The molecule has 8 heteroatoms. The van der Waals surface area contributed by atoms with Crippen molar-refractivity contribution < 1.29 is 9.59 Å². The van der Waals surface area contributed by atoms with Crippen molar-refractivity contribution in [2.75, 3.05) is 30.0 Å². The molecular weight excluding hydrogens is 344 g/mol. The number of carbonyl (C=O) groups excluding carboxylic acids is 2. The maximum atomic E-state index is 12.5. The Balaban J connectivity index is 1.52. The van der Waals surface area contributed by atoms with E-state index in [4.69, 9.17) is 0 Å². The number of carbonyl (C=O) groups is 2. The van der Waals surface area contributed by atoms with Crippen molar-refractivity contribution in [3.8, 4) is 0 Å². The number of hydrogen-bond acceptors (Lipinski definition) is 6. The number of aromatic nitrogens is 1. The van der Waals surface area contributed by atoms with Gasteiger partial charge in [0.05, 0.1) is 17.1 Å². The maximum Gasteiger partial charge on any atom is 0.257 e. The van der Waals surface area contributed by atoms with Gasteiger partial charge in [-0.2, -0.15) is 0 Å². The second-order valence-corrected chi connectivity index (χ2v) is 7.98. The molecule has 2 aromatic rings. The van der Waals surface area contributed by atoms with Gasteiger partial charge in [-0.1, -0.05) is 0 Å². The monoisotopic (exact) mass is 360 g/mol. The second kappa shape index (κ2) is 6.19. The highest BCUT2D eigenvalue weighted by atomic mass is 32.2. The number of fused-ring (bicyclic) bond motifs is 2. The minimum Gasteiger partial charge on any atom is -0.324 e. The lowest BCUT2D eigenvalue weighted by Gasteiger charge is -2.20. The molecule has 2 aliphatic rings. The van der Waals surface area contributed by atoms with Crippen LogP contribution in [0, 0.1) is 0 Å². The molecule has 2 amide bonds. The molecule has 0 spiro atoms. The number of thioether (sulfide) groups is 1. The Morgan fingerprint density at radius 3 is 3.17 bits per heavy atom. The number of nitrogens with one attached hydrogen (secondary N) is 2. The van der Waals surface area contributed by atoms with Crippen LogP contribution < -0.4 is 10.6 Å². The van der Waals surface area contributed by atoms with Crippen LogP contribution in [0.5, 0.6) is 0 Å². The van der Waals surface area contributed by atoms with E-state index < -0.39 is 0 Å². The number of likely N-dealkylation sites (N-methyl/N-ethyl adjacent to an activating group) is 1. The Bertz CT molecular complexity index is 833. The molecule has 1 aromatic heterocycles. The van der Waals surface area contributed by atoms with Crippen molar-refractivity contribution in [1.82, 2.24) is 9.88 Å². The predicted molar refractivity (Wildman–Crippen MR) is 95.9 cm³/mol. The standard InChI is InChI=1S/C16H16N4O2S2/c1-20-5-4-10-13(7-20)24-16(18-10)19-15(22)9-2-3-12-11(6-9)17-14(21)8-23-12/h2-3,6H,4-5,7-8H2,1H3,(H,17,21)(H,18,19,22). The third-order valence-corrected chi connectivity index (χ3v) is 6.09. The van der Waals surface area contributed by atoms with Crippen LogP contribution in [0.2, 0.25) is 0 Å².